The summed E-state index contributed by atoms with van der Waals surface area (Å²) in [6.45, 7) is 20.2. The van der Waals surface area contributed by atoms with Crippen molar-refractivity contribution in [3.05, 3.63) is 181 Å². The molecule has 0 bridgehead atoms. The van der Waals surface area contributed by atoms with Crippen molar-refractivity contribution < 1.29 is 0 Å². The average molecular weight is 829 g/mol. The van der Waals surface area contributed by atoms with Crippen LogP contribution in [0, 0.1) is 0 Å². The lowest BCUT2D eigenvalue weighted by molar-refractivity contribution is 0.591. The third kappa shape index (κ3) is 6.37. The lowest BCUT2D eigenvalue weighted by Gasteiger charge is -2.19. The second-order valence-corrected chi connectivity index (χ2v) is 19.9. The number of fused-ring (bicyclic) bond motifs is 8. The minimum Gasteiger partial charge on any atom is -0.341 e. The van der Waals surface area contributed by atoms with Gasteiger partial charge in [0.1, 0.15) is 0 Å². The van der Waals surface area contributed by atoms with Crippen LogP contribution in [-0.2, 0) is 23.9 Å². The maximum Gasteiger partial charge on any atom is 0.0491 e. The van der Waals surface area contributed by atoms with Gasteiger partial charge >= 0.3 is 0 Å². The zero-order chi connectivity index (χ0) is 44.1. The summed E-state index contributed by atoms with van der Waals surface area (Å²) >= 11 is 0. The normalized spacial score (nSPS) is 12.5. The van der Waals surface area contributed by atoms with Crippen molar-refractivity contribution >= 4 is 65.2 Å². The Bertz CT molecular complexity index is 3320. The van der Waals surface area contributed by atoms with Crippen molar-refractivity contribution in [1.82, 2.24) is 9.13 Å². The van der Waals surface area contributed by atoms with Crippen LogP contribution in [0.15, 0.2) is 170 Å². The van der Waals surface area contributed by atoms with Gasteiger partial charge in [-0.25, -0.2) is 0 Å². The Balaban J connectivity index is 0.984. The van der Waals surface area contributed by atoms with Crippen molar-refractivity contribution in [2.45, 2.75) is 79.3 Å². The molecule has 11 rings (SSSR count). The molecule has 0 N–H and O–H groups in total. The molecule has 2 heterocycles. The van der Waals surface area contributed by atoms with Gasteiger partial charge in [-0.05, 0) is 150 Å². The van der Waals surface area contributed by atoms with Crippen molar-refractivity contribution in [2.75, 3.05) is 0 Å². The molecule has 0 saturated carbocycles. The molecule has 0 amide bonds. The van der Waals surface area contributed by atoms with Crippen LogP contribution in [0.2, 0.25) is 0 Å². The second-order valence-electron chi connectivity index (χ2n) is 19.9. The standard InChI is InChI=1S/C62H56N2/c1-9-63-55-31-27-43(35-51(55)53-37-45(61(3,4)5)29-33-57(53)63)39-19-23-41(24-20-39)59-47-15-11-13-17-49(47)60(50-18-14-12-16-48(50)59)42-25-21-40(22-26-42)44-28-32-56-52(36-44)54-38-46(62(6,7)8)30-34-58(54)64(56)10-2/h11-38H,9-10H2,1-8H3. The van der Waals surface area contributed by atoms with E-state index in [9.17, 15) is 0 Å². The Labute approximate surface area is 377 Å². The molecule has 0 spiro atoms. The molecule has 2 nitrogen and oxygen atoms in total. The van der Waals surface area contributed by atoms with Crippen LogP contribution in [0.4, 0.5) is 0 Å². The first-order chi connectivity index (χ1) is 30.9. The highest BCUT2D eigenvalue weighted by Crippen LogP contribution is 2.45. The summed E-state index contributed by atoms with van der Waals surface area (Å²) in [4.78, 5) is 0. The predicted molar refractivity (Wildman–Crippen MR) is 278 cm³/mol. The van der Waals surface area contributed by atoms with Crippen LogP contribution in [0.1, 0.15) is 66.5 Å². The number of nitrogens with zero attached hydrogens (tertiary/aromatic N) is 2. The van der Waals surface area contributed by atoms with E-state index in [2.05, 4.69) is 234 Å². The van der Waals surface area contributed by atoms with Gasteiger partial charge in [0.05, 0.1) is 0 Å². The van der Waals surface area contributed by atoms with Gasteiger partial charge in [0, 0.05) is 56.7 Å². The lowest BCUT2D eigenvalue weighted by Crippen LogP contribution is -2.10. The molecular weight excluding hydrogens is 773 g/mol. The van der Waals surface area contributed by atoms with E-state index in [1.807, 2.05) is 0 Å². The van der Waals surface area contributed by atoms with Gasteiger partial charge in [0.2, 0.25) is 0 Å². The quantitative estimate of drug-likeness (QED) is 0.148. The summed E-state index contributed by atoms with van der Waals surface area (Å²) in [7, 11) is 0. The number of rotatable bonds is 6. The zero-order valence-electron chi connectivity index (χ0n) is 38.5. The first-order valence-electron chi connectivity index (χ1n) is 23.2. The lowest BCUT2D eigenvalue weighted by atomic mass is 9.85. The summed E-state index contributed by atoms with van der Waals surface area (Å²) in [5.74, 6) is 0. The molecule has 2 aromatic heterocycles. The molecular formula is C62H56N2. The van der Waals surface area contributed by atoms with Crippen molar-refractivity contribution in [3.8, 4) is 44.5 Å². The smallest absolute Gasteiger partial charge is 0.0491 e. The molecule has 11 aromatic rings. The summed E-state index contributed by atoms with van der Waals surface area (Å²) in [5.41, 5.74) is 18.1. The van der Waals surface area contributed by atoms with Crippen LogP contribution in [0.25, 0.3) is 110 Å². The fourth-order valence-electron chi connectivity index (χ4n) is 10.6. The van der Waals surface area contributed by atoms with Crippen molar-refractivity contribution in [3.63, 3.8) is 0 Å². The maximum atomic E-state index is 2.45. The van der Waals surface area contributed by atoms with Crippen LogP contribution in [0.3, 0.4) is 0 Å². The molecule has 0 unspecified atom stereocenters. The summed E-state index contributed by atoms with van der Waals surface area (Å²) < 4.78 is 4.90. The fraction of sp³-hybridized carbons (Fsp3) is 0.194. The van der Waals surface area contributed by atoms with Gasteiger partial charge in [-0.15, -0.1) is 0 Å². The van der Waals surface area contributed by atoms with Gasteiger partial charge < -0.3 is 9.13 Å². The van der Waals surface area contributed by atoms with E-state index >= 15 is 0 Å². The SMILES string of the molecule is CCn1c2ccc(-c3ccc(-c4c5ccccc5c(-c5ccc(-c6ccc7c(c6)c6cc(C(C)(C)C)ccc6n7CC)cc5)c5ccccc45)cc3)cc2c2cc(C(C)(C)C)ccc21. The van der Waals surface area contributed by atoms with E-state index in [0.717, 1.165) is 13.1 Å². The molecule has 9 aromatic carbocycles. The molecule has 2 heteroatoms. The third-order valence-corrected chi connectivity index (χ3v) is 14.0. The summed E-state index contributed by atoms with van der Waals surface area (Å²) in [5, 5.41) is 10.4. The number of benzene rings is 9. The average Bonchev–Trinajstić information content (AvgIpc) is 3.80. The van der Waals surface area contributed by atoms with Crippen LogP contribution in [-0.4, -0.2) is 9.13 Å². The molecule has 0 aliphatic heterocycles. The first kappa shape index (κ1) is 39.9. The summed E-state index contributed by atoms with van der Waals surface area (Å²) in [6, 6.07) is 64.6. The van der Waals surface area contributed by atoms with Crippen molar-refractivity contribution in [2.24, 2.45) is 0 Å². The Kier molecular flexibility index (Phi) is 9.26. The van der Waals surface area contributed by atoms with E-state index in [-0.39, 0.29) is 10.8 Å². The van der Waals surface area contributed by atoms with Gasteiger partial charge in [-0.1, -0.05) is 163 Å². The molecule has 314 valence electrons. The number of aryl methyl sites for hydroxylation is 2. The largest absolute Gasteiger partial charge is 0.341 e. The zero-order valence-corrected chi connectivity index (χ0v) is 38.5. The van der Waals surface area contributed by atoms with Crippen LogP contribution >= 0.6 is 0 Å². The maximum absolute atomic E-state index is 2.45. The topological polar surface area (TPSA) is 9.86 Å². The fourth-order valence-corrected chi connectivity index (χ4v) is 10.6. The van der Waals surface area contributed by atoms with Gasteiger partial charge in [-0.3, -0.25) is 0 Å². The molecule has 0 aliphatic rings. The number of hydrogen-bond acceptors (Lipinski definition) is 0. The monoisotopic (exact) mass is 828 g/mol. The third-order valence-electron chi connectivity index (χ3n) is 14.0. The Morgan fingerprint density at radius 2 is 0.578 bits per heavy atom. The summed E-state index contributed by atoms with van der Waals surface area (Å²) in [6.07, 6.45) is 0. The van der Waals surface area contributed by atoms with Gasteiger partial charge in [0.15, 0.2) is 0 Å². The highest BCUT2D eigenvalue weighted by molar-refractivity contribution is 6.21. The van der Waals surface area contributed by atoms with Gasteiger partial charge in [0.25, 0.3) is 0 Å². The van der Waals surface area contributed by atoms with Crippen LogP contribution in [0.5, 0.6) is 0 Å². The molecule has 0 radical (unpaired) electrons. The minimum absolute atomic E-state index is 0.0887. The molecule has 0 atom stereocenters. The molecule has 0 fully saturated rings. The van der Waals surface area contributed by atoms with E-state index in [1.54, 1.807) is 0 Å². The number of hydrogen-bond donors (Lipinski definition) is 0. The molecule has 0 aliphatic carbocycles. The number of aromatic nitrogens is 2. The van der Waals surface area contributed by atoms with Crippen molar-refractivity contribution in [1.29, 1.82) is 0 Å². The van der Waals surface area contributed by atoms with Crippen LogP contribution < -0.4 is 0 Å². The molecule has 0 saturated heterocycles. The van der Waals surface area contributed by atoms with Gasteiger partial charge in [-0.2, -0.15) is 0 Å². The van der Waals surface area contributed by atoms with E-state index < -0.39 is 0 Å². The second kappa shape index (κ2) is 14.8. The minimum atomic E-state index is 0.0887. The highest BCUT2D eigenvalue weighted by atomic mass is 15.0. The van der Waals surface area contributed by atoms with E-state index in [4.69, 9.17) is 0 Å². The Morgan fingerprint density at radius 3 is 0.891 bits per heavy atom. The first-order valence-corrected chi connectivity index (χ1v) is 23.2. The predicted octanol–water partition coefficient (Wildman–Crippen LogP) is 17.5. The Morgan fingerprint density at radius 1 is 0.297 bits per heavy atom. The molecule has 64 heavy (non-hydrogen) atoms. The highest BCUT2D eigenvalue weighted by Gasteiger charge is 2.21. The Hall–Kier alpha value is -6.90. The van der Waals surface area contributed by atoms with E-state index in [1.165, 1.54) is 121 Å². The van der Waals surface area contributed by atoms with E-state index in [0.29, 0.717) is 0 Å².